The van der Waals surface area contributed by atoms with Crippen molar-refractivity contribution in [2.45, 2.75) is 13.1 Å². The molecule has 0 unspecified atom stereocenters. The number of rotatable bonds is 1. The summed E-state index contributed by atoms with van der Waals surface area (Å²) in [4.78, 5) is 10.7. The molecule has 0 aliphatic rings. The molecule has 0 aliphatic carbocycles. The monoisotopic (exact) mass is 244 g/mol. The molecule has 84 valence electrons. The van der Waals surface area contributed by atoms with Crippen LogP contribution in [0.2, 0.25) is 0 Å². The van der Waals surface area contributed by atoms with Gasteiger partial charge in [-0.1, -0.05) is 17.7 Å². The molecular formula is C11H7F3OS. The van der Waals surface area contributed by atoms with Crippen molar-refractivity contribution >= 4 is 27.2 Å². The molecule has 0 amide bonds. The third kappa shape index (κ3) is 1.95. The number of ketones is 1. The van der Waals surface area contributed by atoms with Gasteiger partial charge in [0.15, 0.2) is 0 Å². The lowest BCUT2D eigenvalue weighted by Gasteiger charge is -2.00. The first-order chi connectivity index (χ1) is 7.38. The van der Waals surface area contributed by atoms with Gasteiger partial charge in [-0.2, -0.15) is 13.2 Å². The Morgan fingerprint density at radius 2 is 1.94 bits per heavy atom. The quantitative estimate of drug-likeness (QED) is 0.694. The molecule has 0 spiro atoms. The molecule has 0 saturated heterocycles. The summed E-state index contributed by atoms with van der Waals surface area (Å²) in [6.45, 7) is 1.85. The van der Waals surface area contributed by atoms with Gasteiger partial charge in [-0.3, -0.25) is 4.79 Å². The van der Waals surface area contributed by atoms with E-state index < -0.39 is 12.0 Å². The number of alkyl halides is 3. The second-order valence-corrected chi connectivity index (χ2v) is 4.56. The minimum atomic E-state index is -4.80. The van der Waals surface area contributed by atoms with E-state index in [9.17, 15) is 18.0 Å². The van der Waals surface area contributed by atoms with Crippen LogP contribution in [0.3, 0.4) is 0 Å². The summed E-state index contributed by atoms with van der Waals surface area (Å²) in [7, 11) is 0. The Morgan fingerprint density at radius 1 is 1.25 bits per heavy atom. The highest BCUT2D eigenvalue weighted by molar-refractivity contribution is 7.20. The third-order valence-corrected chi connectivity index (χ3v) is 3.27. The molecule has 16 heavy (non-hydrogen) atoms. The highest BCUT2D eigenvalue weighted by Gasteiger charge is 2.40. The summed E-state index contributed by atoms with van der Waals surface area (Å²) in [6, 6.07) is 6.59. The van der Waals surface area contributed by atoms with Crippen molar-refractivity contribution in [3.8, 4) is 0 Å². The van der Waals surface area contributed by atoms with E-state index in [0.717, 1.165) is 16.9 Å². The number of fused-ring (bicyclic) bond motifs is 1. The second-order valence-electron chi connectivity index (χ2n) is 3.48. The lowest BCUT2D eigenvalue weighted by atomic mass is 10.2. The summed E-state index contributed by atoms with van der Waals surface area (Å²) in [5.41, 5.74) is 0.955. The van der Waals surface area contributed by atoms with Crippen molar-refractivity contribution in [2.24, 2.45) is 0 Å². The third-order valence-electron chi connectivity index (χ3n) is 2.15. The number of halogens is 3. The van der Waals surface area contributed by atoms with Gasteiger partial charge in [-0.25, -0.2) is 0 Å². The van der Waals surface area contributed by atoms with Crippen LogP contribution in [0, 0.1) is 6.92 Å². The molecular weight excluding hydrogens is 237 g/mol. The average Bonchev–Trinajstić information content (AvgIpc) is 2.57. The summed E-state index contributed by atoms with van der Waals surface area (Å²) in [5.74, 6) is -1.77. The van der Waals surface area contributed by atoms with E-state index in [0.29, 0.717) is 10.1 Å². The van der Waals surface area contributed by atoms with Gasteiger partial charge in [0.1, 0.15) is 0 Å². The van der Waals surface area contributed by atoms with E-state index in [1.165, 1.54) is 6.07 Å². The van der Waals surface area contributed by atoms with E-state index in [1.54, 1.807) is 18.2 Å². The Hall–Kier alpha value is -1.36. The Bertz CT molecular complexity index is 554. The Labute approximate surface area is 93.5 Å². The van der Waals surface area contributed by atoms with Gasteiger partial charge in [-0.05, 0) is 24.4 Å². The van der Waals surface area contributed by atoms with Crippen LogP contribution in [0.15, 0.2) is 24.3 Å². The van der Waals surface area contributed by atoms with Gasteiger partial charge < -0.3 is 0 Å². The highest BCUT2D eigenvalue weighted by atomic mass is 32.1. The average molecular weight is 244 g/mol. The topological polar surface area (TPSA) is 17.1 Å². The molecule has 0 saturated carbocycles. The van der Waals surface area contributed by atoms with Crippen LogP contribution in [0.4, 0.5) is 13.2 Å². The fraction of sp³-hybridized carbons (Fsp3) is 0.182. The maximum atomic E-state index is 12.2. The van der Waals surface area contributed by atoms with Crippen LogP contribution in [0.5, 0.6) is 0 Å². The molecule has 0 N–H and O–H groups in total. The first kappa shape index (κ1) is 11.1. The van der Waals surface area contributed by atoms with Gasteiger partial charge >= 0.3 is 6.18 Å². The predicted molar refractivity (Wildman–Crippen MR) is 56.9 cm³/mol. The molecule has 1 nitrogen and oxygen atoms in total. The molecule has 1 aromatic heterocycles. The van der Waals surface area contributed by atoms with Gasteiger partial charge in [0.05, 0.1) is 4.88 Å². The number of aryl methyl sites for hydroxylation is 1. The zero-order valence-electron chi connectivity index (χ0n) is 8.26. The number of thiophene rings is 1. The van der Waals surface area contributed by atoms with Gasteiger partial charge in [0, 0.05) is 4.70 Å². The molecule has 0 bridgehead atoms. The van der Waals surface area contributed by atoms with Crippen LogP contribution in [-0.2, 0) is 0 Å². The van der Waals surface area contributed by atoms with E-state index in [4.69, 9.17) is 0 Å². The van der Waals surface area contributed by atoms with Crippen LogP contribution < -0.4 is 0 Å². The number of hydrogen-bond acceptors (Lipinski definition) is 2. The lowest BCUT2D eigenvalue weighted by Crippen LogP contribution is -2.21. The SMILES string of the molecule is Cc1ccc2sc(C(=O)C(F)(F)F)cc2c1. The fourth-order valence-electron chi connectivity index (χ4n) is 1.41. The normalized spacial score (nSPS) is 12.0. The van der Waals surface area contributed by atoms with E-state index in [2.05, 4.69) is 0 Å². The van der Waals surface area contributed by atoms with E-state index >= 15 is 0 Å². The van der Waals surface area contributed by atoms with Crippen LogP contribution in [-0.4, -0.2) is 12.0 Å². The molecule has 0 aliphatic heterocycles. The number of carbonyl (C=O) groups is 1. The van der Waals surface area contributed by atoms with E-state index in [-0.39, 0.29) is 4.88 Å². The first-order valence-electron chi connectivity index (χ1n) is 4.49. The predicted octanol–water partition coefficient (Wildman–Crippen LogP) is 3.95. The number of Topliss-reactive ketones (excluding diaryl/α,β-unsaturated/α-hetero) is 1. The molecule has 0 atom stereocenters. The van der Waals surface area contributed by atoms with E-state index in [1.807, 2.05) is 6.92 Å². The summed E-state index contributed by atoms with van der Waals surface area (Å²) in [6.07, 6.45) is -4.80. The lowest BCUT2D eigenvalue weighted by molar-refractivity contribution is -0.0882. The Morgan fingerprint density at radius 3 is 2.56 bits per heavy atom. The largest absolute Gasteiger partial charge is 0.455 e. The Kier molecular flexibility index (Phi) is 2.50. The van der Waals surface area contributed by atoms with Crippen LogP contribution >= 0.6 is 11.3 Å². The standard InChI is InChI=1S/C11H7F3OS/c1-6-2-3-8-7(4-6)5-9(16-8)10(15)11(12,13)14/h2-5H,1H3. The molecule has 2 aromatic rings. The zero-order valence-corrected chi connectivity index (χ0v) is 9.08. The number of benzene rings is 1. The smallest absolute Gasteiger partial charge is 0.283 e. The van der Waals surface area contributed by atoms with Crippen LogP contribution in [0.25, 0.3) is 10.1 Å². The Balaban J connectivity index is 2.52. The van der Waals surface area contributed by atoms with Crippen molar-refractivity contribution in [3.05, 3.63) is 34.7 Å². The van der Waals surface area contributed by atoms with Crippen molar-refractivity contribution in [1.82, 2.24) is 0 Å². The summed E-state index contributed by atoms with van der Waals surface area (Å²) >= 11 is 0.871. The summed E-state index contributed by atoms with van der Waals surface area (Å²) < 4.78 is 37.3. The minimum Gasteiger partial charge on any atom is -0.283 e. The summed E-state index contributed by atoms with van der Waals surface area (Å²) in [5, 5.41) is 0.678. The fourth-order valence-corrected chi connectivity index (χ4v) is 2.42. The van der Waals surface area contributed by atoms with Gasteiger partial charge in [-0.15, -0.1) is 11.3 Å². The van der Waals surface area contributed by atoms with Crippen LogP contribution in [0.1, 0.15) is 15.2 Å². The second kappa shape index (κ2) is 3.59. The van der Waals surface area contributed by atoms with Crippen molar-refractivity contribution in [3.63, 3.8) is 0 Å². The van der Waals surface area contributed by atoms with Crippen molar-refractivity contribution in [2.75, 3.05) is 0 Å². The molecule has 0 fully saturated rings. The van der Waals surface area contributed by atoms with Gasteiger partial charge in [0.2, 0.25) is 0 Å². The molecule has 0 radical (unpaired) electrons. The molecule has 5 heteroatoms. The maximum Gasteiger partial charge on any atom is 0.455 e. The number of carbonyl (C=O) groups excluding carboxylic acids is 1. The van der Waals surface area contributed by atoms with Gasteiger partial charge in [0.25, 0.3) is 5.78 Å². The zero-order chi connectivity index (χ0) is 11.9. The number of hydrogen-bond donors (Lipinski definition) is 0. The molecule has 1 heterocycles. The van der Waals surface area contributed by atoms with Crippen molar-refractivity contribution < 1.29 is 18.0 Å². The first-order valence-corrected chi connectivity index (χ1v) is 5.31. The molecule has 2 rings (SSSR count). The molecule has 1 aromatic carbocycles. The maximum absolute atomic E-state index is 12.2. The highest BCUT2D eigenvalue weighted by Crippen LogP contribution is 2.31. The van der Waals surface area contributed by atoms with Crippen molar-refractivity contribution in [1.29, 1.82) is 0 Å². The minimum absolute atomic E-state index is 0.256.